The Labute approximate surface area is 188 Å². The van der Waals surface area contributed by atoms with Crippen molar-refractivity contribution in [2.75, 3.05) is 11.5 Å². The summed E-state index contributed by atoms with van der Waals surface area (Å²) in [6.07, 6.45) is 3.08. The van der Waals surface area contributed by atoms with E-state index in [0.717, 1.165) is 10.3 Å². The standard InChI is InChI=1S/C24H21N3O6/c1-3-33-18-7-5-17(6-8-18)27-22(29)19(21(28)25-24(27)32)13-15-4-9-20-16(12-15)10-11-26(20)14(2)23(30)31/h4-14H,3H2,1-2H3,(H,30,31)(H,25,28,32)/b19-13+/t14-/m0/s1. The Balaban J connectivity index is 1.67. The highest BCUT2D eigenvalue weighted by molar-refractivity contribution is 6.39. The van der Waals surface area contributed by atoms with Gasteiger partial charge >= 0.3 is 12.0 Å². The van der Waals surface area contributed by atoms with Gasteiger partial charge in [-0.2, -0.15) is 0 Å². The van der Waals surface area contributed by atoms with Gasteiger partial charge in [-0.15, -0.1) is 0 Å². The van der Waals surface area contributed by atoms with Crippen molar-refractivity contribution in [1.29, 1.82) is 0 Å². The summed E-state index contributed by atoms with van der Waals surface area (Å²) in [5, 5.41) is 12.2. The number of anilines is 1. The number of amides is 4. The molecule has 0 spiro atoms. The molecule has 2 heterocycles. The number of urea groups is 1. The van der Waals surface area contributed by atoms with Gasteiger partial charge in [-0.1, -0.05) is 6.07 Å². The fourth-order valence-corrected chi connectivity index (χ4v) is 3.65. The highest BCUT2D eigenvalue weighted by atomic mass is 16.5. The van der Waals surface area contributed by atoms with Crippen LogP contribution < -0.4 is 15.0 Å². The van der Waals surface area contributed by atoms with E-state index >= 15 is 0 Å². The monoisotopic (exact) mass is 447 g/mol. The third-order valence-electron chi connectivity index (χ3n) is 5.34. The van der Waals surface area contributed by atoms with Crippen molar-refractivity contribution in [3.63, 3.8) is 0 Å². The number of aliphatic carboxylic acids is 1. The van der Waals surface area contributed by atoms with E-state index in [1.165, 1.54) is 6.08 Å². The second-order valence-corrected chi connectivity index (χ2v) is 7.44. The topological polar surface area (TPSA) is 118 Å². The zero-order chi connectivity index (χ0) is 23.7. The van der Waals surface area contributed by atoms with Crippen LogP contribution in [0.25, 0.3) is 17.0 Å². The van der Waals surface area contributed by atoms with Crippen LogP contribution in [0.4, 0.5) is 10.5 Å². The van der Waals surface area contributed by atoms with Gasteiger partial charge < -0.3 is 14.4 Å². The number of fused-ring (bicyclic) bond motifs is 1. The molecule has 0 bridgehead atoms. The molecule has 3 aromatic rings. The minimum absolute atomic E-state index is 0.193. The van der Waals surface area contributed by atoms with E-state index in [-0.39, 0.29) is 5.57 Å². The molecule has 1 aliphatic rings. The van der Waals surface area contributed by atoms with Crippen molar-refractivity contribution < 1.29 is 29.0 Å². The number of aromatic nitrogens is 1. The quantitative estimate of drug-likeness (QED) is 0.442. The van der Waals surface area contributed by atoms with Crippen molar-refractivity contribution in [2.45, 2.75) is 19.9 Å². The predicted octanol–water partition coefficient (Wildman–Crippen LogP) is 3.35. The van der Waals surface area contributed by atoms with E-state index in [0.29, 0.717) is 29.1 Å². The largest absolute Gasteiger partial charge is 0.494 e. The van der Waals surface area contributed by atoms with E-state index in [1.807, 2.05) is 6.92 Å². The lowest BCUT2D eigenvalue weighted by Gasteiger charge is -2.26. The van der Waals surface area contributed by atoms with E-state index in [2.05, 4.69) is 5.32 Å². The lowest BCUT2D eigenvalue weighted by Crippen LogP contribution is -2.54. The Kier molecular flexibility index (Phi) is 5.70. The van der Waals surface area contributed by atoms with E-state index in [4.69, 9.17) is 4.74 Å². The Morgan fingerprint density at radius 3 is 2.52 bits per heavy atom. The zero-order valence-electron chi connectivity index (χ0n) is 17.9. The lowest BCUT2D eigenvalue weighted by atomic mass is 10.1. The molecular weight excluding hydrogens is 426 g/mol. The number of nitrogens with one attached hydrogen (secondary N) is 1. The van der Waals surface area contributed by atoms with Crippen molar-refractivity contribution >= 4 is 46.5 Å². The third-order valence-corrected chi connectivity index (χ3v) is 5.34. The first kappa shape index (κ1) is 21.8. The van der Waals surface area contributed by atoms with Crippen molar-refractivity contribution in [3.05, 3.63) is 65.9 Å². The van der Waals surface area contributed by atoms with Crippen LogP contribution in [0.1, 0.15) is 25.5 Å². The van der Waals surface area contributed by atoms with Crippen LogP contribution in [-0.2, 0) is 14.4 Å². The van der Waals surface area contributed by atoms with Crippen LogP contribution in [0.3, 0.4) is 0 Å². The number of carboxylic acids is 1. The first-order valence-corrected chi connectivity index (χ1v) is 10.3. The first-order chi connectivity index (χ1) is 15.8. The summed E-state index contributed by atoms with van der Waals surface area (Å²) in [7, 11) is 0. The fourth-order valence-electron chi connectivity index (χ4n) is 3.65. The van der Waals surface area contributed by atoms with E-state index in [9.17, 15) is 24.3 Å². The second-order valence-electron chi connectivity index (χ2n) is 7.44. The van der Waals surface area contributed by atoms with Gasteiger partial charge in [0.25, 0.3) is 11.8 Å². The molecule has 0 unspecified atom stereocenters. The molecule has 9 nitrogen and oxygen atoms in total. The maximum atomic E-state index is 13.1. The summed E-state index contributed by atoms with van der Waals surface area (Å²) in [5.74, 6) is -1.90. The van der Waals surface area contributed by atoms with Crippen LogP contribution in [0.15, 0.2) is 60.3 Å². The van der Waals surface area contributed by atoms with Gasteiger partial charge in [0.15, 0.2) is 0 Å². The zero-order valence-corrected chi connectivity index (χ0v) is 17.9. The predicted molar refractivity (Wildman–Crippen MR) is 121 cm³/mol. The SMILES string of the molecule is CCOc1ccc(N2C(=O)NC(=O)/C(=C\c3ccc4c(ccn4[C@@H](C)C(=O)O)c3)C2=O)cc1. The Morgan fingerprint density at radius 2 is 1.85 bits per heavy atom. The molecule has 0 saturated carbocycles. The number of benzene rings is 2. The number of nitrogens with zero attached hydrogens (tertiary/aromatic N) is 2. The maximum Gasteiger partial charge on any atom is 0.335 e. The van der Waals surface area contributed by atoms with E-state index in [1.54, 1.807) is 66.2 Å². The summed E-state index contributed by atoms with van der Waals surface area (Å²) >= 11 is 0. The fraction of sp³-hybridized carbons (Fsp3) is 0.167. The van der Waals surface area contributed by atoms with Crippen LogP contribution in [0.2, 0.25) is 0 Å². The average Bonchev–Trinajstić information content (AvgIpc) is 3.20. The Hall–Kier alpha value is -4.40. The Morgan fingerprint density at radius 1 is 1.12 bits per heavy atom. The molecule has 1 atom stereocenters. The van der Waals surface area contributed by atoms with Gasteiger partial charge in [-0.05, 0) is 68.0 Å². The van der Waals surface area contributed by atoms with E-state index < -0.39 is 29.9 Å². The highest BCUT2D eigenvalue weighted by Crippen LogP contribution is 2.26. The number of barbiturate groups is 1. The van der Waals surface area contributed by atoms with Gasteiger partial charge in [0.2, 0.25) is 0 Å². The van der Waals surface area contributed by atoms with Crippen molar-refractivity contribution in [3.8, 4) is 5.75 Å². The lowest BCUT2D eigenvalue weighted by molar-refractivity contribution is -0.140. The number of rotatable bonds is 6. The molecule has 2 aromatic carbocycles. The molecule has 1 aromatic heterocycles. The van der Waals surface area contributed by atoms with Crippen molar-refractivity contribution in [2.24, 2.45) is 0 Å². The molecule has 0 aliphatic carbocycles. The summed E-state index contributed by atoms with van der Waals surface area (Å²) in [6.45, 7) is 3.90. The molecule has 0 radical (unpaired) electrons. The second kappa shape index (κ2) is 8.62. The summed E-state index contributed by atoms with van der Waals surface area (Å²) in [4.78, 5) is 50.1. The first-order valence-electron chi connectivity index (χ1n) is 10.3. The van der Waals surface area contributed by atoms with Crippen LogP contribution >= 0.6 is 0 Å². The normalized spacial score (nSPS) is 16.2. The number of hydrogen-bond acceptors (Lipinski definition) is 5. The molecule has 168 valence electrons. The number of carboxylic acid groups (broad SMARTS) is 1. The summed E-state index contributed by atoms with van der Waals surface area (Å²) in [5.41, 5.74) is 1.37. The van der Waals surface area contributed by atoms with Crippen LogP contribution in [0.5, 0.6) is 5.75 Å². The molecule has 1 saturated heterocycles. The molecule has 33 heavy (non-hydrogen) atoms. The van der Waals surface area contributed by atoms with Crippen LogP contribution in [0, 0.1) is 0 Å². The number of carbonyl (C=O) groups excluding carboxylic acids is 3. The van der Waals surface area contributed by atoms with Gasteiger partial charge in [0.05, 0.1) is 12.3 Å². The molecule has 4 amide bonds. The van der Waals surface area contributed by atoms with Gasteiger partial charge in [0, 0.05) is 17.1 Å². The molecule has 1 aliphatic heterocycles. The molecule has 2 N–H and O–H groups in total. The average molecular weight is 447 g/mol. The minimum Gasteiger partial charge on any atom is -0.494 e. The van der Waals surface area contributed by atoms with Gasteiger partial charge in [0.1, 0.15) is 17.4 Å². The van der Waals surface area contributed by atoms with Gasteiger partial charge in [-0.25, -0.2) is 14.5 Å². The number of imide groups is 2. The number of hydrogen-bond donors (Lipinski definition) is 2. The summed E-state index contributed by atoms with van der Waals surface area (Å²) in [6, 6.07) is 11.7. The third kappa shape index (κ3) is 4.08. The van der Waals surface area contributed by atoms with Gasteiger partial charge in [-0.3, -0.25) is 14.9 Å². The smallest absolute Gasteiger partial charge is 0.335 e. The number of ether oxygens (including phenoxy) is 1. The van der Waals surface area contributed by atoms with Crippen molar-refractivity contribution in [1.82, 2.24) is 9.88 Å². The Bertz CT molecular complexity index is 1310. The molecule has 9 heteroatoms. The highest BCUT2D eigenvalue weighted by Gasteiger charge is 2.36. The minimum atomic E-state index is -0.956. The molecule has 1 fully saturated rings. The summed E-state index contributed by atoms with van der Waals surface area (Å²) < 4.78 is 7.00. The van der Waals surface area contributed by atoms with Crippen LogP contribution in [-0.4, -0.2) is 40.1 Å². The molecular formula is C24H21N3O6. The molecule has 4 rings (SSSR count). The maximum absolute atomic E-state index is 13.1. The number of carbonyl (C=O) groups is 4.